The Labute approximate surface area is 102 Å². The lowest BCUT2D eigenvalue weighted by atomic mass is 10.2. The SMILES string of the molecule is Cc1nc(Cn2ccc3c(F)cccc32)cs1. The van der Waals surface area contributed by atoms with Crippen molar-refractivity contribution in [2.45, 2.75) is 13.5 Å². The molecule has 0 aliphatic rings. The maximum atomic E-state index is 13.5. The largest absolute Gasteiger partial charge is 0.341 e. The van der Waals surface area contributed by atoms with Gasteiger partial charge in [-0.2, -0.15) is 0 Å². The summed E-state index contributed by atoms with van der Waals surface area (Å²) in [5.41, 5.74) is 1.94. The number of nitrogens with zero attached hydrogens (tertiary/aromatic N) is 2. The molecule has 0 spiro atoms. The quantitative estimate of drug-likeness (QED) is 0.675. The van der Waals surface area contributed by atoms with Gasteiger partial charge in [-0.25, -0.2) is 9.37 Å². The molecule has 0 aliphatic heterocycles. The molecule has 0 N–H and O–H groups in total. The predicted molar refractivity (Wildman–Crippen MR) is 67.8 cm³/mol. The van der Waals surface area contributed by atoms with E-state index in [1.165, 1.54) is 6.07 Å². The number of fused-ring (bicyclic) bond motifs is 1. The van der Waals surface area contributed by atoms with Gasteiger partial charge in [0.25, 0.3) is 0 Å². The Hall–Kier alpha value is -1.68. The second kappa shape index (κ2) is 3.96. The molecule has 2 aromatic heterocycles. The van der Waals surface area contributed by atoms with Crippen molar-refractivity contribution in [1.29, 1.82) is 0 Å². The molecule has 2 nitrogen and oxygen atoms in total. The van der Waals surface area contributed by atoms with Gasteiger partial charge >= 0.3 is 0 Å². The van der Waals surface area contributed by atoms with Crippen molar-refractivity contribution in [3.8, 4) is 0 Å². The molecular formula is C13H11FN2S. The molecule has 17 heavy (non-hydrogen) atoms. The summed E-state index contributed by atoms with van der Waals surface area (Å²) in [4.78, 5) is 4.42. The Kier molecular flexibility index (Phi) is 2.44. The van der Waals surface area contributed by atoms with Crippen molar-refractivity contribution < 1.29 is 4.39 Å². The Morgan fingerprint density at radius 2 is 2.24 bits per heavy atom. The molecule has 0 saturated heterocycles. The smallest absolute Gasteiger partial charge is 0.132 e. The van der Waals surface area contributed by atoms with Crippen LogP contribution in [0.1, 0.15) is 10.7 Å². The molecule has 0 saturated carbocycles. The lowest BCUT2D eigenvalue weighted by molar-refractivity contribution is 0.639. The molecule has 0 atom stereocenters. The first-order valence-electron chi connectivity index (χ1n) is 5.38. The van der Waals surface area contributed by atoms with Gasteiger partial charge in [-0.15, -0.1) is 11.3 Å². The number of benzene rings is 1. The summed E-state index contributed by atoms with van der Waals surface area (Å²) in [5.74, 6) is -0.171. The Balaban J connectivity index is 2.04. The summed E-state index contributed by atoms with van der Waals surface area (Å²) in [6.45, 7) is 2.68. The van der Waals surface area contributed by atoms with Gasteiger partial charge in [0, 0.05) is 17.0 Å². The molecule has 2 heterocycles. The highest BCUT2D eigenvalue weighted by Gasteiger charge is 2.06. The molecular weight excluding hydrogens is 235 g/mol. The van der Waals surface area contributed by atoms with Crippen LogP contribution in [0.25, 0.3) is 10.9 Å². The summed E-state index contributed by atoms with van der Waals surface area (Å²) in [6, 6.07) is 6.96. The van der Waals surface area contributed by atoms with E-state index in [-0.39, 0.29) is 5.82 Å². The van der Waals surface area contributed by atoms with Crippen LogP contribution in [0, 0.1) is 12.7 Å². The van der Waals surface area contributed by atoms with Gasteiger partial charge in [0.15, 0.2) is 0 Å². The average molecular weight is 246 g/mol. The molecule has 86 valence electrons. The van der Waals surface area contributed by atoms with Crippen molar-refractivity contribution in [1.82, 2.24) is 9.55 Å². The molecule has 0 amide bonds. The number of thiazole rings is 1. The van der Waals surface area contributed by atoms with E-state index in [4.69, 9.17) is 0 Å². The minimum Gasteiger partial charge on any atom is -0.341 e. The van der Waals surface area contributed by atoms with Crippen LogP contribution in [0.15, 0.2) is 35.8 Å². The van der Waals surface area contributed by atoms with Crippen LogP contribution in [0.5, 0.6) is 0 Å². The Morgan fingerprint density at radius 3 is 3.00 bits per heavy atom. The van der Waals surface area contributed by atoms with Crippen molar-refractivity contribution in [2.24, 2.45) is 0 Å². The van der Waals surface area contributed by atoms with Crippen LogP contribution in [-0.2, 0) is 6.54 Å². The fourth-order valence-electron chi connectivity index (χ4n) is 1.98. The Morgan fingerprint density at radius 1 is 1.35 bits per heavy atom. The van der Waals surface area contributed by atoms with E-state index in [0.29, 0.717) is 11.9 Å². The van der Waals surface area contributed by atoms with Crippen LogP contribution in [-0.4, -0.2) is 9.55 Å². The third-order valence-electron chi connectivity index (χ3n) is 2.76. The van der Waals surface area contributed by atoms with Gasteiger partial charge in [0.05, 0.1) is 22.8 Å². The molecule has 3 aromatic rings. The lowest BCUT2D eigenvalue weighted by Gasteiger charge is -2.02. The van der Waals surface area contributed by atoms with E-state index in [1.807, 2.05) is 35.2 Å². The van der Waals surface area contributed by atoms with Crippen molar-refractivity contribution in [3.05, 3.63) is 52.4 Å². The van der Waals surface area contributed by atoms with Gasteiger partial charge in [-0.05, 0) is 25.1 Å². The third-order valence-corrected chi connectivity index (χ3v) is 3.58. The van der Waals surface area contributed by atoms with Gasteiger partial charge in [0.1, 0.15) is 5.82 Å². The van der Waals surface area contributed by atoms with Crippen LogP contribution < -0.4 is 0 Å². The zero-order valence-electron chi connectivity index (χ0n) is 9.35. The summed E-state index contributed by atoms with van der Waals surface area (Å²) < 4.78 is 15.5. The maximum Gasteiger partial charge on any atom is 0.132 e. The number of aromatic nitrogens is 2. The van der Waals surface area contributed by atoms with Crippen LogP contribution >= 0.6 is 11.3 Å². The van der Waals surface area contributed by atoms with E-state index in [9.17, 15) is 4.39 Å². The third kappa shape index (κ3) is 1.85. The standard InChI is InChI=1S/C13H11FN2S/c1-9-15-10(8-17-9)7-16-6-5-11-12(14)3-2-4-13(11)16/h2-6,8H,7H2,1H3. The van der Waals surface area contributed by atoms with E-state index in [2.05, 4.69) is 4.98 Å². The van der Waals surface area contributed by atoms with Gasteiger partial charge < -0.3 is 4.57 Å². The zero-order chi connectivity index (χ0) is 11.8. The highest BCUT2D eigenvalue weighted by molar-refractivity contribution is 7.09. The van der Waals surface area contributed by atoms with Crippen molar-refractivity contribution in [3.63, 3.8) is 0 Å². The number of hydrogen-bond acceptors (Lipinski definition) is 2. The van der Waals surface area contributed by atoms with Crippen molar-refractivity contribution >= 4 is 22.2 Å². The van der Waals surface area contributed by atoms with E-state index < -0.39 is 0 Å². The monoisotopic (exact) mass is 246 g/mol. The molecule has 0 radical (unpaired) electrons. The zero-order valence-corrected chi connectivity index (χ0v) is 10.2. The minimum absolute atomic E-state index is 0.171. The predicted octanol–water partition coefficient (Wildman–Crippen LogP) is 3.59. The van der Waals surface area contributed by atoms with Crippen LogP contribution in [0.3, 0.4) is 0 Å². The average Bonchev–Trinajstić information content (AvgIpc) is 2.88. The van der Waals surface area contributed by atoms with E-state index in [1.54, 1.807) is 17.4 Å². The number of halogens is 1. The normalized spacial score (nSPS) is 11.2. The first-order chi connectivity index (χ1) is 8.24. The van der Waals surface area contributed by atoms with Crippen LogP contribution in [0.2, 0.25) is 0 Å². The fourth-order valence-corrected chi connectivity index (χ4v) is 2.58. The molecule has 0 bridgehead atoms. The first-order valence-corrected chi connectivity index (χ1v) is 6.26. The molecule has 3 rings (SSSR count). The highest BCUT2D eigenvalue weighted by atomic mass is 32.1. The summed E-state index contributed by atoms with van der Waals surface area (Å²) in [6.07, 6.45) is 1.91. The summed E-state index contributed by atoms with van der Waals surface area (Å²) in [7, 11) is 0. The Bertz CT molecular complexity index is 669. The lowest BCUT2D eigenvalue weighted by Crippen LogP contribution is -1.98. The van der Waals surface area contributed by atoms with Crippen molar-refractivity contribution in [2.75, 3.05) is 0 Å². The minimum atomic E-state index is -0.171. The number of aryl methyl sites for hydroxylation is 1. The number of hydrogen-bond donors (Lipinski definition) is 0. The fraction of sp³-hybridized carbons (Fsp3) is 0.154. The van der Waals surface area contributed by atoms with E-state index in [0.717, 1.165) is 16.2 Å². The second-order valence-electron chi connectivity index (χ2n) is 3.97. The summed E-state index contributed by atoms with van der Waals surface area (Å²) in [5, 5.41) is 3.77. The van der Waals surface area contributed by atoms with Gasteiger partial charge in [0.2, 0.25) is 0 Å². The maximum absolute atomic E-state index is 13.5. The highest BCUT2D eigenvalue weighted by Crippen LogP contribution is 2.20. The molecule has 0 fully saturated rings. The molecule has 0 aliphatic carbocycles. The number of rotatable bonds is 2. The van der Waals surface area contributed by atoms with Gasteiger partial charge in [-0.1, -0.05) is 6.07 Å². The summed E-state index contributed by atoms with van der Waals surface area (Å²) >= 11 is 1.64. The second-order valence-corrected chi connectivity index (χ2v) is 5.04. The molecule has 4 heteroatoms. The molecule has 0 unspecified atom stereocenters. The topological polar surface area (TPSA) is 17.8 Å². The first kappa shape index (κ1) is 10.5. The van der Waals surface area contributed by atoms with Crippen LogP contribution in [0.4, 0.5) is 4.39 Å². The molecule has 1 aromatic carbocycles. The van der Waals surface area contributed by atoms with Gasteiger partial charge in [-0.3, -0.25) is 0 Å². The van der Waals surface area contributed by atoms with E-state index >= 15 is 0 Å².